The molecule has 2 aromatic rings. The van der Waals surface area contributed by atoms with Crippen LogP contribution in [0.3, 0.4) is 0 Å². The molecule has 0 aromatic heterocycles. The predicted molar refractivity (Wildman–Crippen MR) is 107 cm³/mol. The molecule has 2 N–H and O–H groups in total. The lowest BCUT2D eigenvalue weighted by Crippen LogP contribution is -2.16. The Morgan fingerprint density at radius 3 is 2.31 bits per heavy atom. The van der Waals surface area contributed by atoms with Gasteiger partial charge in [0.15, 0.2) is 0 Å². The molecule has 0 bridgehead atoms. The van der Waals surface area contributed by atoms with Gasteiger partial charge in [-0.05, 0) is 63.2 Å². The first-order valence-electron chi connectivity index (χ1n) is 8.08. The Balaban J connectivity index is 2.15. The summed E-state index contributed by atoms with van der Waals surface area (Å²) in [5.74, 6) is 0.169. The van der Waals surface area contributed by atoms with Crippen molar-refractivity contribution in [2.75, 3.05) is 15.8 Å². The number of anilines is 2. The van der Waals surface area contributed by atoms with E-state index in [4.69, 9.17) is 4.74 Å². The number of ether oxygens (including phenoxy) is 1. The highest BCUT2D eigenvalue weighted by molar-refractivity contribution is 9.10. The maximum Gasteiger partial charge on any atom is 0.259 e. The lowest BCUT2D eigenvalue weighted by molar-refractivity contribution is 0.102. The average Bonchev–Trinajstić information content (AvgIpc) is 2.56. The van der Waals surface area contributed by atoms with Gasteiger partial charge in [-0.15, -0.1) is 0 Å². The van der Waals surface area contributed by atoms with Gasteiger partial charge in [-0.25, -0.2) is 8.42 Å². The van der Waals surface area contributed by atoms with Crippen LogP contribution >= 0.6 is 15.9 Å². The van der Waals surface area contributed by atoms with E-state index in [0.29, 0.717) is 22.7 Å². The van der Waals surface area contributed by atoms with Crippen LogP contribution in [0.4, 0.5) is 11.4 Å². The molecule has 140 valence electrons. The number of carbonyl (C=O) groups excluding carboxylic acids is 1. The number of benzene rings is 2. The molecule has 0 spiro atoms. The van der Waals surface area contributed by atoms with Crippen molar-refractivity contribution >= 4 is 43.2 Å². The van der Waals surface area contributed by atoms with E-state index in [9.17, 15) is 13.2 Å². The monoisotopic (exact) mass is 440 g/mol. The van der Waals surface area contributed by atoms with E-state index in [1.807, 2.05) is 13.8 Å². The third kappa shape index (κ3) is 5.74. The summed E-state index contributed by atoms with van der Waals surface area (Å²) in [7, 11) is -3.33. The summed E-state index contributed by atoms with van der Waals surface area (Å²) in [6.07, 6.45) is -0.0678. The van der Waals surface area contributed by atoms with Gasteiger partial charge in [0.2, 0.25) is 10.0 Å². The summed E-state index contributed by atoms with van der Waals surface area (Å²) in [5.41, 5.74) is 1.41. The van der Waals surface area contributed by atoms with Gasteiger partial charge in [-0.2, -0.15) is 0 Å². The van der Waals surface area contributed by atoms with Crippen molar-refractivity contribution in [3.8, 4) is 5.75 Å². The molecule has 0 aliphatic carbocycles. The standard InChI is InChI=1S/C18H21BrN2O4S/c1-4-26(23,24)21-15-8-6-14(7-9-15)20-18(22)16-10-5-13(19)11-17(16)25-12(2)3/h5-12,21H,4H2,1-3H3,(H,20,22). The number of hydrogen-bond acceptors (Lipinski definition) is 4. The zero-order chi connectivity index (χ0) is 19.3. The Morgan fingerprint density at radius 2 is 1.73 bits per heavy atom. The van der Waals surface area contributed by atoms with E-state index in [-0.39, 0.29) is 17.8 Å². The fraction of sp³-hybridized carbons (Fsp3) is 0.278. The molecule has 0 saturated heterocycles. The van der Waals surface area contributed by atoms with Crippen molar-refractivity contribution in [2.45, 2.75) is 26.9 Å². The van der Waals surface area contributed by atoms with Gasteiger partial charge in [0.1, 0.15) is 5.75 Å². The third-order valence-electron chi connectivity index (χ3n) is 3.35. The van der Waals surface area contributed by atoms with Crippen molar-refractivity contribution in [1.82, 2.24) is 0 Å². The van der Waals surface area contributed by atoms with E-state index in [2.05, 4.69) is 26.0 Å². The molecule has 6 nitrogen and oxygen atoms in total. The van der Waals surface area contributed by atoms with Crippen LogP contribution in [0.5, 0.6) is 5.75 Å². The first kappa shape index (κ1) is 20.3. The predicted octanol–water partition coefficient (Wildman–Crippen LogP) is 4.25. The van der Waals surface area contributed by atoms with Crippen molar-refractivity contribution in [1.29, 1.82) is 0 Å². The van der Waals surface area contributed by atoms with E-state index in [1.54, 1.807) is 49.4 Å². The molecule has 2 aromatic carbocycles. The van der Waals surface area contributed by atoms with Gasteiger partial charge < -0.3 is 10.1 Å². The second kappa shape index (κ2) is 8.55. The summed E-state index contributed by atoms with van der Waals surface area (Å²) in [6, 6.07) is 11.6. The van der Waals surface area contributed by atoms with Crippen LogP contribution in [0, 0.1) is 0 Å². The number of rotatable bonds is 7. The SMILES string of the molecule is CCS(=O)(=O)Nc1ccc(NC(=O)c2ccc(Br)cc2OC(C)C)cc1. The molecule has 2 rings (SSSR count). The van der Waals surface area contributed by atoms with Crippen LogP contribution in [0.15, 0.2) is 46.9 Å². The molecule has 0 aliphatic rings. The highest BCUT2D eigenvalue weighted by Gasteiger charge is 2.15. The zero-order valence-corrected chi connectivity index (χ0v) is 17.1. The maximum absolute atomic E-state index is 12.6. The second-order valence-corrected chi connectivity index (χ2v) is 8.77. The van der Waals surface area contributed by atoms with Crippen molar-refractivity contribution in [2.24, 2.45) is 0 Å². The van der Waals surface area contributed by atoms with Crippen molar-refractivity contribution in [3.05, 3.63) is 52.5 Å². The minimum Gasteiger partial charge on any atom is -0.490 e. The molecule has 26 heavy (non-hydrogen) atoms. The van der Waals surface area contributed by atoms with E-state index in [1.165, 1.54) is 0 Å². The van der Waals surface area contributed by atoms with Gasteiger partial charge >= 0.3 is 0 Å². The fourth-order valence-electron chi connectivity index (χ4n) is 2.11. The Bertz CT molecular complexity index is 881. The Morgan fingerprint density at radius 1 is 1.12 bits per heavy atom. The van der Waals surface area contributed by atoms with Gasteiger partial charge in [-0.3, -0.25) is 9.52 Å². The van der Waals surface area contributed by atoms with E-state index < -0.39 is 10.0 Å². The van der Waals surface area contributed by atoms with E-state index in [0.717, 1.165) is 4.47 Å². The lowest BCUT2D eigenvalue weighted by Gasteiger charge is -2.15. The molecule has 0 unspecified atom stereocenters. The summed E-state index contributed by atoms with van der Waals surface area (Å²) in [5, 5.41) is 2.78. The molecule has 0 heterocycles. The maximum atomic E-state index is 12.6. The molecule has 8 heteroatoms. The number of hydrogen-bond donors (Lipinski definition) is 2. The summed E-state index contributed by atoms with van der Waals surface area (Å²) < 4.78 is 32.1. The molecule has 0 aliphatic heterocycles. The smallest absolute Gasteiger partial charge is 0.259 e. The quantitative estimate of drug-likeness (QED) is 0.673. The van der Waals surface area contributed by atoms with Crippen molar-refractivity contribution in [3.63, 3.8) is 0 Å². The summed E-state index contributed by atoms with van der Waals surface area (Å²) in [6.45, 7) is 5.34. The van der Waals surface area contributed by atoms with Gasteiger partial charge in [-0.1, -0.05) is 15.9 Å². The number of carbonyl (C=O) groups is 1. The second-order valence-electron chi connectivity index (χ2n) is 5.84. The Labute approximate surface area is 162 Å². The Hall–Kier alpha value is -2.06. The molecular weight excluding hydrogens is 420 g/mol. The average molecular weight is 441 g/mol. The third-order valence-corrected chi connectivity index (χ3v) is 5.15. The molecular formula is C18H21BrN2O4S. The number of amides is 1. The van der Waals surface area contributed by atoms with Crippen LogP contribution in [-0.4, -0.2) is 26.2 Å². The fourth-order valence-corrected chi connectivity index (χ4v) is 3.09. The summed E-state index contributed by atoms with van der Waals surface area (Å²) in [4.78, 5) is 12.6. The topological polar surface area (TPSA) is 84.5 Å². The van der Waals surface area contributed by atoms with Crippen LogP contribution in [0.25, 0.3) is 0 Å². The van der Waals surface area contributed by atoms with Crippen LogP contribution in [0.1, 0.15) is 31.1 Å². The van der Waals surface area contributed by atoms with Crippen molar-refractivity contribution < 1.29 is 17.9 Å². The molecule has 0 radical (unpaired) electrons. The minimum atomic E-state index is -3.33. The van der Waals surface area contributed by atoms with Crippen LogP contribution in [-0.2, 0) is 10.0 Å². The molecule has 0 saturated carbocycles. The molecule has 1 amide bonds. The summed E-state index contributed by atoms with van der Waals surface area (Å²) >= 11 is 3.37. The first-order chi connectivity index (χ1) is 12.2. The highest BCUT2D eigenvalue weighted by atomic mass is 79.9. The number of nitrogens with one attached hydrogen (secondary N) is 2. The van der Waals surface area contributed by atoms with Crippen LogP contribution < -0.4 is 14.8 Å². The van der Waals surface area contributed by atoms with Gasteiger partial charge in [0, 0.05) is 15.8 Å². The zero-order valence-electron chi connectivity index (χ0n) is 14.7. The first-order valence-corrected chi connectivity index (χ1v) is 10.5. The molecule has 0 atom stereocenters. The highest BCUT2D eigenvalue weighted by Crippen LogP contribution is 2.26. The molecule has 0 fully saturated rings. The minimum absolute atomic E-state index is 0.00627. The van der Waals surface area contributed by atoms with Gasteiger partial charge in [0.05, 0.1) is 17.4 Å². The van der Waals surface area contributed by atoms with Crippen LogP contribution in [0.2, 0.25) is 0 Å². The Kier molecular flexibility index (Phi) is 6.66. The normalized spacial score (nSPS) is 11.3. The number of sulfonamides is 1. The largest absolute Gasteiger partial charge is 0.490 e. The number of halogens is 1. The van der Waals surface area contributed by atoms with Gasteiger partial charge in [0.25, 0.3) is 5.91 Å². The lowest BCUT2D eigenvalue weighted by atomic mass is 10.1. The van der Waals surface area contributed by atoms with E-state index >= 15 is 0 Å².